The molecule has 23 heavy (non-hydrogen) atoms. The molecule has 2 heterocycles. The number of hydrogen-bond donors (Lipinski definition) is 0. The van der Waals surface area contributed by atoms with Crippen molar-refractivity contribution in [3.63, 3.8) is 0 Å². The number of benzene rings is 1. The van der Waals surface area contributed by atoms with Crippen molar-refractivity contribution in [3.05, 3.63) is 83.7 Å². The zero-order valence-corrected chi connectivity index (χ0v) is 12.6. The molecule has 3 nitrogen and oxygen atoms in total. The molecule has 0 bridgehead atoms. The molecule has 0 spiro atoms. The van der Waals surface area contributed by atoms with Crippen LogP contribution in [-0.2, 0) is 6.42 Å². The van der Waals surface area contributed by atoms with Crippen LogP contribution in [0.5, 0.6) is 0 Å². The number of fused-ring (bicyclic) bond motifs is 1. The summed E-state index contributed by atoms with van der Waals surface area (Å²) < 4.78 is 0. The van der Waals surface area contributed by atoms with E-state index in [1.807, 2.05) is 48.5 Å². The number of pyridine rings is 2. The smallest absolute Gasteiger partial charge is 0.165 e. The predicted octanol–water partition coefficient (Wildman–Crippen LogP) is 4.06. The Balaban J connectivity index is 1.72. The lowest BCUT2D eigenvalue weighted by molar-refractivity contribution is 0.0963. The van der Waals surface area contributed by atoms with E-state index in [0.717, 1.165) is 29.1 Å². The second-order valence-corrected chi connectivity index (χ2v) is 5.84. The molecule has 0 N–H and O–H groups in total. The number of carbonyl (C=O) groups excluding carboxylic acids is 1. The van der Waals surface area contributed by atoms with Crippen LogP contribution in [0.25, 0.3) is 11.4 Å². The first-order chi connectivity index (χ1) is 11.3. The van der Waals surface area contributed by atoms with Gasteiger partial charge in [0.25, 0.3) is 0 Å². The summed E-state index contributed by atoms with van der Waals surface area (Å²) in [6.45, 7) is 0. The molecule has 0 saturated carbocycles. The minimum absolute atomic E-state index is 0.181. The molecule has 0 aliphatic heterocycles. The van der Waals surface area contributed by atoms with Gasteiger partial charge in [0.1, 0.15) is 0 Å². The number of Topliss-reactive ketones (excluding diaryl/α,β-unsaturated/α-hetero) is 1. The quantitative estimate of drug-likeness (QED) is 0.717. The normalized spacial score (nSPS) is 16.9. The molecule has 2 aromatic heterocycles. The Morgan fingerprint density at radius 3 is 2.43 bits per heavy atom. The van der Waals surface area contributed by atoms with Gasteiger partial charge in [0.15, 0.2) is 5.78 Å². The molecule has 4 rings (SSSR count). The van der Waals surface area contributed by atoms with Gasteiger partial charge in [0.2, 0.25) is 0 Å². The van der Waals surface area contributed by atoms with E-state index >= 15 is 0 Å². The minimum Gasteiger partial charge on any atom is -0.294 e. The number of aromatic nitrogens is 2. The maximum Gasteiger partial charge on any atom is 0.165 e. The van der Waals surface area contributed by atoms with E-state index in [0.29, 0.717) is 6.42 Å². The first kappa shape index (κ1) is 13.8. The van der Waals surface area contributed by atoms with Crippen LogP contribution in [0.4, 0.5) is 0 Å². The Morgan fingerprint density at radius 1 is 0.826 bits per heavy atom. The van der Waals surface area contributed by atoms with Crippen LogP contribution in [0.2, 0.25) is 0 Å². The summed E-state index contributed by atoms with van der Waals surface area (Å²) in [5, 5.41) is 0. The molecule has 0 amide bonds. The largest absolute Gasteiger partial charge is 0.294 e. The number of nitrogens with zero attached hydrogens (tertiary/aromatic N) is 2. The summed E-state index contributed by atoms with van der Waals surface area (Å²) in [5.41, 5.74) is 4.52. The molecule has 112 valence electrons. The monoisotopic (exact) mass is 300 g/mol. The van der Waals surface area contributed by atoms with E-state index in [1.54, 1.807) is 6.20 Å². The highest BCUT2D eigenvalue weighted by Gasteiger charge is 2.27. The second kappa shape index (κ2) is 5.76. The lowest BCUT2D eigenvalue weighted by Gasteiger charge is -2.23. The predicted molar refractivity (Wildman–Crippen MR) is 89.3 cm³/mol. The summed E-state index contributed by atoms with van der Waals surface area (Å²) in [6.07, 6.45) is 3.11. The lowest BCUT2D eigenvalue weighted by atomic mass is 9.81. The summed E-state index contributed by atoms with van der Waals surface area (Å²) >= 11 is 0. The summed E-state index contributed by atoms with van der Waals surface area (Å²) in [6, 6.07) is 19.8. The fourth-order valence-electron chi connectivity index (χ4n) is 3.17. The number of hydrogen-bond acceptors (Lipinski definition) is 3. The third-order valence-corrected chi connectivity index (χ3v) is 4.34. The maximum atomic E-state index is 12.5. The molecule has 0 saturated heterocycles. The van der Waals surface area contributed by atoms with Gasteiger partial charge >= 0.3 is 0 Å². The Morgan fingerprint density at radius 2 is 1.65 bits per heavy atom. The maximum absolute atomic E-state index is 12.5. The fraction of sp³-hybridized carbons (Fsp3) is 0.150. The van der Waals surface area contributed by atoms with Gasteiger partial charge in [0.05, 0.1) is 17.1 Å². The average molecular weight is 300 g/mol. The van der Waals surface area contributed by atoms with Gasteiger partial charge in [-0.3, -0.25) is 14.8 Å². The second-order valence-electron chi connectivity index (χ2n) is 5.84. The molecule has 1 aliphatic carbocycles. The lowest BCUT2D eigenvalue weighted by Crippen LogP contribution is -2.20. The molecular weight excluding hydrogens is 284 g/mol. The van der Waals surface area contributed by atoms with Gasteiger partial charge in [0, 0.05) is 18.2 Å². The van der Waals surface area contributed by atoms with E-state index in [-0.39, 0.29) is 11.7 Å². The number of ketones is 1. The van der Waals surface area contributed by atoms with Crippen LogP contribution in [-0.4, -0.2) is 15.8 Å². The standard InChI is InChI=1S/C20H16N2O/c23-20-13-15(14-6-2-1-3-7-14)12-19-16(20)9-10-18(22-19)17-8-4-5-11-21-17/h1-11,15H,12-13H2. The molecule has 3 aromatic rings. The van der Waals surface area contributed by atoms with E-state index in [2.05, 4.69) is 17.1 Å². The first-order valence-electron chi connectivity index (χ1n) is 7.81. The minimum atomic E-state index is 0.181. The Bertz CT molecular complexity index is 844. The molecule has 1 aliphatic rings. The van der Waals surface area contributed by atoms with Crippen LogP contribution >= 0.6 is 0 Å². The van der Waals surface area contributed by atoms with Crippen molar-refractivity contribution >= 4 is 5.78 Å². The van der Waals surface area contributed by atoms with Crippen LogP contribution in [0.3, 0.4) is 0 Å². The Hall–Kier alpha value is -2.81. The SMILES string of the molecule is O=C1CC(c2ccccc2)Cc2nc(-c3ccccn3)ccc21. The molecule has 3 heteroatoms. The fourth-order valence-corrected chi connectivity index (χ4v) is 3.17. The van der Waals surface area contributed by atoms with Gasteiger partial charge in [-0.1, -0.05) is 36.4 Å². The highest BCUT2D eigenvalue weighted by molar-refractivity contribution is 5.99. The van der Waals surface area contributed by atoms with Gasteiger partial charge in [-0.15, -0.1) is 0 Å². The summed E-state index contributed by atoms with van der Waals surface area (Å²) in [5.74, 6) is 0.392. The van der Waals surface area contributed by atoms with E-state index in [4.69, 9.17) is 4.98 Å². The topological polar surface area (TPSA) is 42.9 Å². The molecule has 1 aromatic carbocycles. The van der Waals surface area contributed by atoms with Crippen molar-refractivity contribution in [2.75, 3.05) is 0 Å². The molecular formula is C20H16N2O. The highest BCUT2D eigenvalue weighted by Crippen LogP contribution is 2.32. The first-order valence-corrected chi connectivity index (χ1v) is 7.81. The zero-order chi connectivity index (χ0) is 15.6. The van der Waals surface area contributed by atoms with Crippen molar-refractivity contribution < 1.29 is 4.79 Å². The van der Waals surface area contributed by atoms with E-state index in [1.165, 1.54) is 5.56 Å². The third-order valence-electron chi connectivity index (χ3n) is 4.34. The van der Waals surface area contributed by atoms with Gasteiger partial charge in [-0.05, 0) is 42.2 Å². The summed E-state index contributed by atoms with van der Waals surface area (Å²) in [7, 11) is 0. The summed E-state index contributed by atoms with van der Waals surface area (Å²) in [4.78, 5) is 21.5. The van der Waals surface area contributed by atoms with E-state index in [9.17, 15) is 4.79 Å². The molecule has 0 radical (unpaired) electrons. The molecule has 1 atom stereocenters. The van der Waals surface area contributed by atoms with Crippen molar-refractivity contribution in [2.24, 2.45) is 0 Å². The molecule has 0 fully saturated rings. The zero-order valence-electron chi connectivity index (χ0n) is 12.6. The van der Waals surface area contributed by atoms with Gasteiger partial charge in [-0.25, -0.2) is 0 Å². The van der Waals surface area contributed by atoms with Crippen molar-refractivity contribution in [3.8, 4) is 11.4 Å². The molecule has 1 unspecified atom stereocenters. The Labute approximate surface area is 135 Å². The van der Waals surface area contributed by atoms with Crippen molar-refractivity contribution in [1.82, 2.24) is 9.97 Å². The van der Waals surface area contributed by atoms with Crippen LogP contribution in [0.1, 0.15) is 34.0 Å². The third kappa shape index (κ3) is 2.66. The van der Waals surface area contributed by atoms with Gasteiger partial charge in [-0.2, -0.15) is 0 Å². The van der Waals surface area contributed by atoms with E-state index < -0.39 is 0 Å². The highest BCUT2D eigenvalue weighted by atomic mass is 16.1. The van der Waals surface area contributed by atoms with Crippen LogP contribution < -0.4 is 0 Å². The average Bonchev–Trinajstić information content (AvgIpc) is 2.63. The number of rotatable bonds is 2. The van der Waals surface area contributed by atoms with Crippen LogP contribution in [0.15, 0.2) is 66.9 Å². The van der Waals surface area contributed by atoms with Crippen molar-refractivity contribution in [2.45, 2.75) is 18.8 Å². The van der Waals surface area contributed by atoms with Crippen molar-refractivity contribution in [1.29, 1.82) is 0 Å². The van der Waals surface area contributed by atoms with Crippen LogP contribution in [0, 0.1) is 0 Å². The Kier molecular flexibility index (Phi) is 3.46. The van der Waals surface area contributed by atoms with Gasteiger partial charge < -0.3 is 0 Å². The number of carbonyl (C=O) groups is 1.